The molecule has 0 atom stereocenters. The van der Waals surface area contributed by atoms with Gasteiger partial charge in [-0.3, -0.25) is 4.79 Å². The van der Waals surface area contributed by atoms with Crippen LogP contribution in [0, 0.1) is 0 Å². The number of benzene rings is 1. The molecule has 1 heterocycles. The highest BCUT2D eigenvalue weighted by atomic mass is 32.2. The lowest BCUT2D eigenvalue weighted by Gasteiger charge is -2.17. The van der Waals surface area contributed by atoms with Crippen LogP contribution in [0.1, 0.15) is 5.56 Å². The summed E-state index contributed by atoms with van der Waals surface area (Å²) in [5.74, 6) is -0.0553. The van der Waals surface area contributed by atoms with Crippen molar-refractivity contribution in [1.29, 1.82) is 0 Å². The standard InChI is InChI=1S/C12H17N3O3S/c1-13-8-12(16)15-6-5-9-3-4-10(7-11(9)15)19(17,18)14-2/h3-4,7,13-14H,5-6,8H2,1-2H3. The Hall–Kier alpha value is -1.44. The Morgan fingerprint density at radius 3 is 2.74 bits per heavy atom. The molecule has 1 amide bonds. The van der Waals surface area contributed by atoms with Gasteiger partial charge in [0, 0.05) is 12.2 Å². The second-order valence-electron chi connectivity index (χ2n) is 4.32. The molecule has 0 bridgehead atoms. The Morgan fingerprint density at radius 2 is 2.11 bits per heavy atom. The van der Waals surface area contributed by atoms with E-state index < -0.39 is 10.0 Å². The fraction of sp³-hybridized carbons (Fsp3) is 0.417. The summed E-state index contributed by atoms with van der Waals surface area (Å²) in [7, 11) is -0.412. The third-order valence-electron chi connectivity index (χ3n) is 3.16. The SMILES string of the molecule is CNCC(=O)N1CCc2ccc(S(=O)(=O)NC)cc21. The molecule has 1 aliphatic heterocycles. The zero-order valence-electron chi connectivity index (χ0n) is 10.9. The molecule has 0 aromatic heterocycles. The van der Waals surface area contributed by atoms with Gasteiger partial charge in [0.2, 0.25) is 15.9 Å². The molecule has 1 aromatic carbocycles. The van der Waals surface area contributed by atoms with Crippen LogP contribution in [0.2, 0.25) is 0 Å². The van der Waals surface area contributed by atoms with Crippen molar-refractivity contribution < 1.29 is 13.2 Å². The Balaban J connectivity index is 2.39. The molecule has 1 aliphatic rings. The van der Waals surface area contributed by atoms with E-state index in [-0.39, 0.29) is 17.3 Å². The fourth-order valence-corrected chi connectivity index (χ4v) is 2.90. The number of carbonyl (C=O) groups is 1. The van der Waals surface area contributed by atoms with E-state index in [2.05, 4.69) is 10.0 Å². The van der Waals surface area contributed by atoms with E-state index in [4.69, 9.17) is 0 Å². The average molecular weight is 283 g/mol. The number of likely N-dealkylation sites (N-methyl/N-ethyl adjacent to an activating group) is 1. The maximum absolute atomic E-state index is 11.9. The van der Waals surface area contributed by atoms with Crippen LogP contribution in [0.4, 0.5) is 5.69 Å². The van der Waals surface area contributed by atoms with Gasteiger partial charge in [-0.15, -0.1) is 0 Å². The van der Waals surface area contributed by atoms with Crippen LogP contribution in [-0.2, 0) is 21.2 Å². The number of amides is 1. The van der Waals surface area contributed by atoms with Crippen molar-refractivity contribution >= 4 is 21.6 Å². The number of carbonyl (C=O) groups excluding carboxylic acids is 1. The van der Waals surface area contributed by atoms with Gasteiger partial charge in [0.25, 0.3) is 0 Å². The molecule has 7 heteroatoms. The molecule has 0 unspecified atom stereocenters. The Morgan fingerprint density at radius 1 is 1.37 bits per heavy atom. The second kappa shape index (κ2) is 5.28. The molecular formula is C12H17N3O3S. The first-order valence-electron chi connectivity index (χ1n) is 6.01. The number of nitrogens with zero attached hydrogens (tertiary/aromatic N) is 1. The number of nitrogens with one attached hydrogen (secondary N) is 2. The fourth-order valence-electron chi connectivity index (χ4n) is 2.15. The predicted octanol–water partition coefficient (Wildman–Crippen LogP) is -0.297. The number of sulfonamides is 1. The van der Waals surface area contributed by atoms with Gasteiger partial charge in [0.1, 0.15) is 0 Å². The average Bonchev–Trinajstić information content (AvgIpc) is 2.81. The number of anilines is 1. The minimum absolute atomic E-state index is 0.0553. The number of hydrogen-bond acceptors (Lipinski definition) is 4. The quantitative estimate of drug-likeness (QED) is 0.795. The molecule has 6 nitrogen and oxygen atoms in total. The smallest absolute Gasteiger partial charge is 0.240 e. The Kier molecular flexibility index (Phi) is 3.88. The third kappa shape index (κ3) is 2.63. The summed E-state index contributed by atoms with van der Waals surface area (Å²) in [6.07, 6.45) is 0.755. The Bertz CT molecular complexity index is 598. The van der Waals surface area contributed by atoms with Crippen molar-refractivity contribution in [3.8, 4) is 0 Å². The molecule has 0 spiro atoms. The van der Waals surface area contributed by atoms with Crippen molar-refractivity contribution in [1.82, 2.24) is 10.0 Å². The lowest BCUT2D eigenvalue weighted by molar-refractivity contribution is -0.117. The van der Waals surface area contributed by atoms with E-state index in [0.29, 0.717) is 12.2 Å². The molecule has 1 aromatic rings. The maximum Gasteiger partial charge on any atom is 0.240 e. The van der Waals surface area contributed by atoms with Crippen LogP contribution in [0.5, 0.6) is 0 Å². The van der Waals surface area contributed by atoms with E-state index >= 15 is 0 Å². The van der Waals surface area contributed by atoms with Crippen LogP contribution < -0.4 is 14.9 Å². The molecular weight excluding hydrogens is 266 g/mol. The molecule has 104 valence electrons. The number of hydrogen-bond donors (Lipinski definition) is 2. The highest BCUT2D eigenvalue weighted by Gasteiger charge is 2.26. The van der Waals surface area contributed by atoms with Crippen molar-refractivity contribution in [2.24, 2.45) is 0 Å². The summed E-state index contributed by atoms with van der Waals surface area (Å²) in [5, 5.41) is 2.81. The molecule has 0 aliphatic carbocycles. The number of fused-ring (bicyclic) bond motifs is 1. The lowest BCUT2D eigenvalue weighted by atomic mass is 10.2. The highest BCUT2D eigenvalue weighted by molar-refractivity contribution is 7.89. The molecule has 0 radical (unpaired) electrons. The van der Waals surface area contributed by atoms with Crippen LogP contribution >= 0.6 is 0 Å². The normalized spacial score (nSPS) is 14.5. The van der Waals surface area contributed by atoms with Gasteiger partial charge in [0.15, 0.2) is 0 Å². The molecule has 19 heavy (non-hydrogen) atoms. The predicted molar refractivity (Wildman–Crippen MR) is 72.7 cm³/mol. The van der Waals surface area contributed by atoms with Crippen molar-refractivity contribution in [3.63, 3.8) is 0 Å². The summed E-state index contributed by atoms with van der Waals surface area (Å²) >= 11 is 0. The van der Waals surface area contributed by atoms with Gasteiger partial charge < -0.3 is 10.2 Å². The van der Waals surface area contributed by atoms with Crippen molar-refractivity contribution in [2.45, 2.75) is 11.3 Å². The highest BCUT2D eigenvalue weighted by Crippen LogP contribution is 2.30. The van der Waals surface area contributed by atoms with Gasteiger partial charge in [-0.1, -0.05) is 6.07 Å². The topological polar surface area (TPSA) is 78.5 Å². The molecule has 0 fully saturated rings. The second-order valence-corrected chi connectivity index (χ2v) is 6.21. The van der Waals surface area contributed by atoms with Gasteiger partial charge in [-0.2, -0.15) is 0 Å². The van der Waals surface area contributed by atoms with E-state index in [1.165, 1.54) is 7.05 Å². The first kappa shape index (κ1) is 14.0. The zero-order valence-corrected chi connectivity index (χ0v) is 11.8. The van der Waals surface area contributed by atoms with E-state index in [1.54, 1.807) is 30.1 Å². The molecule has 0 saturated heterocycles. The maximum atomic E-state index is 11.9. The first-order valence-corrected chi connectivity index (χ1v) is 7.49. The van der Waals surface area contributed by atoms with Gasteiger partial charge in [-0.25, -0.2) is 13.1 Å². The van der Waals surface area contributed by atoms with Crippen molar-refractivity contribution in [2.75, 3.05) is 32.1 Å². The summed E-state index contributed by atoms with van der Waals surface area (Å²) in [4.78, 5) is 13.7. The van der Waals surface area contributed by atoms with Crippen molar-refractivity contribution in [3.05, 3.63) is 23.8 Å². The zero-order chi connectivity index (χ0) is 14.0. The minimum atomic E-state index is -3.48. The van der Waals surface area contributed by atoms with Gasteiger partial charge >= 0.3 is 0 Å². The van der Waals surface area contributed by atoms with Crippen LogP contribution in [0.15, 0.2) is 23.1 Å². The first-order chi connectivity index (χ1) is 8.99. The Labute approximate surface area is 112 Å². The summed E-state index contributed by atoms with van der Waals surface area (Å²) in [5.41, 5.74) is 1.69. The largest absolute Gasteiger partial charge is 0.311 e. The summed E-state index contributed by atoms with van der Waals surface area (Å²) in [6.45, 7) is 0.835. The molecule has 2 rings (SSSR count). The third-order valence-corrected chi connectivity index (χ3v) is 4.57. The minimum Gasteiger partial charge on any atom is -0.311 e. The summed E-state index contributed by atoms with van der Waals surface area (Å²) < 4.78 is 25.8. The van der Waals surface area contributed by atoms with E-state index in [9.17, 15) is 13.2 Å². The van der Waals surface area contributed by atoms with Gasteiger partial charge in [0.05, 0.1) is 11.4 Å². The van der Waals surface area contributed by atoms with E-state index in [0.717, 1.165) is 12.0 Å². The van der Waals surface area contributed by atoms with Crippen LogP contribution in [-0.4, -0.2) is 41.5 Å². The monoisotopic (exact) mass is 283 g/mol. The lowest BCUT2D eigenvalue weighted by Crippen LogP contribution is -2.36. The summed E-state index contributed by atoms with van der Waals surface area (Å²) in [6, 6.07) is 4.89. The molecule has 2 N–H and O–H groups in total. The number of rotatable bonds is 4. The van der Waals surface area contributed by atoms with Crippen LogP contribution in [0.3, 0.4) is 0 Å². The molecule has 0 saturated carbocycles. The van der Waals surface area contributed by atoms with Gasteiger partial charge in [-0.05, 0) is 38.2 Å². The van der Waals surface area contributed by atoms with E-state index in [1.807, 2.05) is 0 Å². The van der Waals surface area contributed by atoms with Crippen LogP contribution in [0.25, 0.3) is 0 Å².